The number of rotatable bonds is 3. The predicted molar refractivity (Wildman–Crippen MR) is 92.8 cm³/mol. The summed E-state index contributed by atoms with van der Waals surface area (Å²) < 4.78 is 0. The van der Waals surface area contributed by atoms with Gasteiger partial charge in [0, 0.05) is 24.1 Å². The predicted octanol–water partition coefficient (Wildman–Crippen LogP) is 1.82. The Morgan fingerprint density at radius 1 is 1.09 bits per heavy atom. The van der Waals surface area contributed by atoms with Crippen molar-refractivity contribution in [2.45, 2.75) is 62.6 Å². The van der Waals surface area contributed by atoms with Crippen LogP contribution in [0.2, 0.25) is 0 Å². The van der Waals surface area contributed by atoms with Crippen LogP contribution in [-0.4, -0.2) is 33.3 Å². The van der Waals surface area contributed by atoms with Crippen LogP contribution in [0.25, 0.3) is 0 Å². The molecule has 2 aliphatic rings. The van der Waals surface area contributed by atoms with Gasteiger partial charge in [-0.2, -0.15) is 4.98 Å². The minimum Gasteiger partial charge on any atom is -0.393 e. The lowest BCUT2D eigenvalue weighted by atomic mass is 9.78. The minimum atomic E-state index is -0.143. The average Bonchev–Trinajstić information content (AvgIpc) is 2.37. The molecule has 6 N–H and O–H groups in total. The van der Waals surface area contributed by atoms with Crippen LogP contribution in [0, 0.1) is 0 Å². The molecular formula is C14H25Cl2N5O. The number of anilines is 2. The van der Waals surface area contributed by atoms with Crippen LogP contribution in [0.1, 0.15) is 50.1 Å². The number of nitrogens with two attached hydrogens (primary N) is 2. The van der Waals surface area contributed by atoms with Gasteiger partial charge < -0.3 is 21.9 Å². The Morgan fingerprint density at radius 3 is 2.32 bits per heavy atom. The molecule has 0 saturated heterocycles. The molecule has 0 radical (unpaired) electrons. The van der Waals surface area contributed by atoms with Gasteiger partial charge in [-0.1, -0.05) is 0 Å². The third kappa shape index (κ3) is 4.59. The normalized spacial score (nSPS) is 30.5. The Hall–Kier alpha value is -0.820. The fourth-order valence-corrected chi connectivity index (χ4v) is 3.10. The molecule has 3 rings (SSSR count). The third-order valence-corrected chi connectivity index (χ3v) is 4.40. The fraction of sp³-hybridized carbons (Fsp3) is 0.714. The Kier molecular flexibility index (Phi) is 7.12. The Balaban J connectivity index is 0.00000121. The van der Waals surface area contributed by atoms with Gasteiger partial charge in [-0.15, -0.1) is 24.8 Å². The molecule has 0 aliphatic heterocycles. The first-order valence-corrected chi connectivity index (χ1v) is 7.45. The molecule has 0 amide bonds. The summed E-state index contributed by atoms with van der Waals surface area (Å²) >= 11 is 0. The first kappa shape index (κ1) is 19.2. The number of hydrogen-bond acceptors (Lipinski definition) is 6. The third-order valence-electron chi connectivity index (χ3n) is 4.40. The van der Waals surface area contributed by atoms with E-state index in [1.807, 2.05) is 6.07 Å². The zero-order valence-electron chi connectivity index (χ0n) is 12.4. The molecule has 0 bridgehead atoms. The van der Waals surface area contributed by atoms with E-state index in [9.17, 15) is 5.11 Å². The quantitative estimate of drug-likeness (QED) is 0.662. The maximum absolute atomic E-state index is 9.53. The lowest BCUT2D eigenvalue weighted by molar-refractivity contribution is 0.126. The smallest absolute Gasteiger partial charge is 0.222 e. The Bertz CT molecular complexity index is 476. The van der Waals surface area contributed by atoms with Gasteiger partial charge in [0.15, 0.2) is 0 Å². The van der Waals surface area contributed by atoms with Gasteiger partial charge in [0.05, 0.1) is 11.8 Å². The van der Waals surface area contributed by atoms with E-state index < -0.39 is 0 Å². The van der Waals surface area contributed by atoms with Crippen molar-refractivity contribution in [3.8, 4) is 0 Å². The van der Waals surface area contributed by atoms with Gasteiger partial charge in [-0.3, -0.25) is 0 Å². The summed E-state index contributed by atoms with van der Waals surface area (Å²) in [6, 6.07) is 2.66. The number of aliphatic hydroxyl groups excluding tert-OH is 1. The maximum Gasteiger partial charge on any atom is 0.222 e. The van der Waals surface area contributed by atoms with Crippen LogP contribution in [-0.2, 0) is 0 Å². The van der Waals surface area contributed by atoms with Crippen LogP contribution in [0.5, 0.6) is 0 Å². The van der Waals surface area contributed by atoms with Crippen molar-refractivity contribution in [1.29, 1.82) is 0 Å². The monoisotopic (exact) mass is 349 g/mol. The molecule has 1 aromatic rings. The largest absolute Gasteiger partial charge is 0.393 e. The van der Waals surface area contributed by atoms with Crippen LogP contribution in [0.15, 0.2) is 6.07 Å². The van der Waals surface area contributed by atoms with Crippen LogP contribution in [0.3, 0.4) is 0 Å². The summed E-state index contributed by atoms with van der Waals surface area (Å²) in [4.78, 5) is 8.60. The highest BCUT2D eigenvalue weighted by Crippen LogP contribution is 2.35. The summed E-state index contributed by atoms with van der Waals surface area (Å²) in [5.74, 6) is 1.54. The highest BCUT2D eigenvalue weighted by Gasteiger charge is 2.29. The van der Waals surface area contributed by atoms with Gasteiger partial charge in [0.25, 0.3) is 0 Å². The summed E-state index contributed by atoms with van der Waals surface area (Å²) in [5.41, 5.74) is 12.6. The fourth-order valence-electron chi connectivity index (χ4n) is 3.10. The van der Waals surface area contributed by atoms with Crippen molar-refractivity contribution in [3.63, 3.8) is 0 Å². The second-order valence-corrected chi connectivity index (χ2v) is 6.11. The summed E-state index contributed by atoms with van der Waals surface area (Å²) in [7, 11) is 0. The van der Waals surface area contributed by atoms with Gasteiger partial charge in [-0.25, -0.2) is 4.98 Å². The molecule has 0 atom stereocenters. The molecule has 6 nitrogen and oxygen atoms in total. The van der Waals surface area contributed by atoms with Crippen molar-refractivity contribution >= 4 is 36.6 Å². The van der Waals surface area contributed by atoms with Gasteiger partial charge in [-0.05, 0) is 38.5 Å². The number of aromatic nitrogens is 2. The zero-order chi connectivity index (χ0) is 14.1. The average molecular weight is 350 g/mol. The number of nitrogens with one attached hydrogen (secondary N) is 1. The maximum atomic E-state index is 9.53. The number of nitrogens with zero attached hydrogens (tertiary/aromatic N) is 2. The van der Waals surface area contributed by atoms with Crippen LogP contribution in [0.4, 0.5) is 11.8 Å². The molecule has 1 heterocycles. The Morgan fingerprint density at radius 2 is 1.73 bits per heavy atom. The van der Waals surface area contributed by atoms with E-state index in [0.29, 0.717) is 23.9 Å². The molecule has 22 heavy (non-hydrogen) atoms. The van der Waals surface area contributed by atoms with Crippen molar-refractivity contribution in [1.82, 2.24) is 9.97 Å². The van der Waals surface area contributed by atoms with E-state index in [2.05, 4.69) is 15.3 Å². The van der Waals surface area contributed by atoms with E-state index in [1.165, 1.54) is 0 Å². The van der Waals surface area contributed by atoms with Gasteiger partial charge in [0.1, 0.15) is 5.82 Å². The molecule has 8 heteroatoms. The van der Waals surface area contributed by atoms with Crippen LogP contribution < -0.4 is 16.8 Å². The van der Waals surface area contributed by atoms with E-state index in [1.54, 1.807) is 0 Å². The molecule has 126 valence electrons. The van der Waals surface area contributed by atoms with E-state index in [-0.39, 0.29) is 30.9 Å². The number of nitrogen functional groups attached to an aromatic ring is 1. The van der Waals surface area contributed by atoms with E-state index >= 15 is 0 Å². The SMILES string of the molecule is Cl.Cl.Nc1nc(NC2CCC(O)CC2)cc(C2CC(N)C2)n1. The summed E-state index contributed by atoms with van der Waals surface area (Å²) in [6.07, 6.45) is 5.45. The first-order chi connectivity index (χ1) is 9.60. The molecule has 2 fully saturated rings. The minimum absolute atomic E-state index is 0. The second kappa shape index (κ2) is 8.15. The van der Waals surface area contributed by atoms with E-state index in [0.717, 1.165) is 50.0 Å². The molecule has 2 aliphatic carbocycles. The molecule has 0 unspecified atom stereocenters. The van der Waals surface area contributed by atoms with Crippen molar-refractivity contribution < 1.29 is 5.11 Å². The van der Waals surface area contributed by atoms with Crippen LogP contribution >= 0.6 is 24.8 Å². The number of halogens is 2. The number of hydrogen-bond donors (Lipinski definition) is 4. The van der Waals surface area contributed by atoms with Gasteiger partial charge >= 0.3 is 0 Å². The number of aliphatic hydroxyl groups is 1. The molecule has 0 spiro atoms. The lowest BCUT2D eigenvalue weighted by Crippen LogP contribution is -2.35. The zero-order valence-corrected chi connectivity index (χ0v) is 14.1. The van der Waals surface area contributed by atoms with Crippen molar-refractivity contribution in [2.24, 2.45) is 5.73 Å². The lowest BCUT2D eigenvalue weighted by Gasteiger charge is -2.32. The summed E-state index contributed by atoms with van der Waals surface area (Å²) in [6.45, 7) is 0. The molecule has 2 saturated carbocycles. The highest BCUT2D eigenvalue weighted by molar-refractivity contribution is 5.85. The van der Waals surface area contributed by atoms with Crippen molar-refractivity contribution in [3.05, 3.63) is 11.8 Å². The highest BCUT2D eigenvalue weighted by atomic mass is 35.5. The molecule has 1 aromatic heterocycles. The summed E-state index contributed by atoms with van der Waals surface area (Å²) in [5, 5.41) is 13.0. The van der Waals surface area contributed by atoms with E-state index in [4.69, 9.17) is 11.5 Å². The second-order valence-electron chi connectivity index (χ2n) is 6.11. The standard InChI is InChI=1S/C14H23N5O.2ClH/c15-9-5-8(6-9)12-7-13(19-14(16)18-12)17-10-1-3-11(20)4-2-10;;/h7-11,20H,1-6,15H2,(H3,16,17,18,19);2*1H. The topological polar surface area (TPSA) is 110 Å². The van der Waals surface area contributed by atoms with Gasteiger partial charge in [0.2, 0.25) is 5.95 Å². The molecular weight excluding hydrogens is 325 g/mol. The van der Waals surface area contributed by atoms with Crippen molar-refractivity contribution in [2.75, 3.05) is 11.1 Å². The first-order valence-electron chi connectivity index (χ1n) is 7.45. The Labute approximate surface area is 143 Å². The molecule has 0 aromatic carbocycles.